The monoisotopic (exact) mass is 367 g/mol. The zero-order valence-corrected chi connectivity index (χ0v) is 16.9. The van der Waals surface area contributed by atoms with E-state index in [1.165, 1.54) is 62.0 Å². The Morgan fingerprint density at radius 3 is 2.70 bits per heavy atom. The van der Waals surface area contributed by atoms with E-state index in [2.05, 4.69) is 30.2 Å². The molecule has 1 saturated carbocycles. The number of hydrogen-bond acceptors (Lipinski definition) is 3. The molecule has 2 fully saturated rings. The number of aryl methyl sites for hydroxylation is 3. The number of pyridine rings is 1. The van der Waals surface area contributed by atoms with Crippen LogP contribution in [0.3, 0.4) is 0 Å². The summed E-state index contributed by atoms with van der Waals surface area (Å²) >= 11 is 0. The summed E-state index contributed by atoms with van der Waals surface area (Å²) < 4.78 is 8.33. The quantitative estimate of drug-likeness (QED) is 0.682. The second kappa shape index (κ2) is 7.75. The van der Waals surface area contributed by atoms with Gasteiger partial charge in [-0.15, -0.1) is 0 Å². The lowest BCUT2D eigenvalue weighted by Gasteiger charge is -2.46. The van der Waals surface area contributed by atoms with Gasteiger partial charge in [-0.25, -0.2) is 0 Å². The highest BCUT2D eigenvalue weighted by Crippen LogP contribution is 2.50. The first-order valence-electron chi connectivity index (χ1n) is 10.7. The number of ether oxygens (including phenoxy) is 1. The Kier molecular flexibility index (Phi) is 5.36. The number of aromatic nitrogens is 3. The van der Waals surface area contributed by atoms with Gasteiger partial charge in [-0.2, -0.15) is 5.10 Å². The summed E-state index contributed by atoms with van der Waals surface area (Å²) in [5, 5.41) is 4.61. The lowest BCUT2D eigenvalue weighted by Crippen LogP contribution is -2.46. The van der Waals surface area contributed by atoms with Crippen LogP contribution in [0.15, 0.2) is 30.5 Å². The molecule has 4 nitrogen and oxygen atoms in total. The summed E-state index contributed by atoms with van der Waals surface area (Å²) in [6.07, 6.45) is 14.0. The second-order valence-electron chi connectivity index (χ2n) is 8.77. The van der Waals surface area contributed by atoms with Crippen molar-refractivity contribution in [1.82, 2.24) is 14.8 Å². The van der Waals surface area contributed by atoms with Crippen molar-refractivity contribution in [3.8, 4) is 0 Å². The van der Waals surface area contributed by atoms with E-state index >= 15 is 0 Å². The largest absolute Gasteiger partial charge is 0.375 e. The van der Waals surface area contributed by atoms with Gasteiger partial charge in [0.25, 0.3) is 0 Å². The molecule has 0 bridgehead atoms. The van der Waals surface area contributed by atoms with Gasteiger partial charge < -0.3 is 4.74 Å². The zero-order chi connectivity index (χ0) is 18.7. The summed E-state index contributed by atoms with van der Waals surface area (Å²) in [6, 6.07) is 8.65. The molecule has 146 valence electrons. The lowest BCUT2D eigenvalue weighted by molar-refractivity contribution is -0.104. The van der Waals surface area contributed by atoms with Crippen LogP contribution < -0.4 is 0 Å². The normalized spacial score (nSPS) is 24.5. The van der Waals surface area contributed by atoms with Crippen LogP contribution in [0.4, 0.5) is 0 Å². The molecule has 1 aliphatic heterocycles. The molecule has 2 aromatic heterocycles. The van der Waals surface area contributed by atoms with E-state index in [9.17, 15) is 0 Å². The molecule has 27 heavy (non-hydrogen) atoms. The molecule has 1 saturated heterocycles. The van der Waals surface area contributed by atoms with Gasteiger partial charge in [-0.1, -0.05) is 25.3 Å². The molecule has 4 rings (SSSR count). The van der Waals surface area contributed by atoms with Gasteiger partial charge in [0.05, 0.1) is 11.3 Å². The molecule has 2 aliphatic rings. The van der Waals surface area contributed by atoms with Gasteiger partial charge in [-0.05, 0) is 70.1 Å². The summed E-state index contributed by atoms with van der Waals surface area (Å²) in [5.41, 5.74) is 4.05. The first-order valence-corrected chi connectivity index (χ1v) is 10.7. The summed E-state index contributed by atoms with van der Waals surface area (Å²) in [7, 11) is 2.03. The van der Waals surface area contributed by atoms with Crippen LogP contribution in [-0.2, 0) is 23.6 Å². The molecule has 1 atom stereocenters. The van der Waals surface area contributed by atoms with Gasteiger partial charge in [0.15, 0.2) is 0 Å². The maximum atomic E-state index is 6.35. The molecule has 0 radical (unpaired) electrons. The van der Waals surface area contributed by atoms with Crippen LogP contribution in [0.25, 0.3) is 0 Å². The molecule has 1 aliphatic carbocycles. The van der Waals surface area contributed by atoms with Gasteiger partial charge in [-0.3, -0.25) is 9.67 Å². The van der Waals surface area contributed by atoms with Crippen LogP contribution in [-0.4, -0.2) is 27.0 Å². The SMILES string of the molecule is Cc1cc(CCCC[C@@]2(c3ccccn3)CCOC3(CCCC3)C2)nn1C. The number of nitrogens with zero attached hydrogens (tertiary/aromatic N) is 3. The van der Waals surface area contributed by atoms with E-state index in [1.807, 2.05) is 24.0 Å². The third kappa shape index (κ3) is 3.96. The third-order valence-corrected chi connectivity index (χ3v) is 6.88. The van der Waals surface area contributed by atoms with E-state index < -0.39 is 0 Å². The minimum atomic E-state index is 0.119. The molecule has 1 spiro atoms. The van der Waals surface area contributed by atoms with E-state index in [1.54, 1.807) is 0 Å². The van der Waals surface area contributed by atoms with Crippen LogP contribution >= 0.6 is 0 Å². The Labute approximate surface area is 163 Å². The maximum Gasteiger partial charge on any atom is 0.0691 e. The van der Waals surface area contributed by atoms with E-state index in [-0.39, 0.29) is 11.0 Å². The molecule has 2 aromatic rings. The molecule has 3 heterocycles. The van der Waals surface area contributed by atoms with Gasteiger partial charge in [0.1, 0.15) is 0 Å². The van der Waals surface area contributed by atoms with Crippen molar-refractivity contribution >= 4 is 0 Å². The topological polar surface area (TPSA) is 39.9 Å². The van der Waals surface area contributed by atoms with Crippen molar-refractivity contribution in [2.75, 3.05) is 6.61 Å². The highest BCUT2D eigenvalue weighted by Gasteiger charge is 2.48. The number of hydrogen-bond donors (Lipinski definition) is 0. The fourth-order valence-corrected chi connectivity index (χ4v) is 5.32. The highest BCUT2D eigenvalue weighted by molar-refractivity contribution is 5.20. The fourth-order valence-electron chi connectivity index (χ4n) is 5.32. The fraction of sp³-hybridized carbons (Fsp3) is 0.652. The number of unbranched alkanes of at least 4 members (excludes halogenated alkanes) is 1. The van der Waals surface area contributed by atoms with Crippen molar-refractivity contribution in [2.45, 2.75) is 82.1 Å². The van der Waals surface area contributed by atoms with Crippen molar-refractivity contribution in [3.63, 3.8) is 0 Å². The van der Waals surface area contributed by atoms with Crippen LogP contribution in [0.5, 0.6) is 0 Å². The Morgan fingerprint density at radius 1 is 1.15 bits per heavy atom. The average Bonchev–Trinajstić information content (AvgIpc) is 3.26. The third-order valence-electron chi connectivity index (χ3n) is 6.88. The minimum absolute atomic E-state index is 0.119. The highest BCUT2D eigenvalue weighted by atomic mass is 16.5. The summed E-state index contributed by atoms with van der Waals surface area (Å²) in [4.78, 5) is 4.81. The second-order valence-corrected chi connectivity index (χ2v) is 8.77. The Morgan fingerprint density at radius 2 is 2.00 bits per heavy atom. The maximum absolute atomic E-state index is 6.35. The smallest absolute Gasteiger partial charge is 0.0691 e. The van der Waals surface area contributed by atoms with E-state index in [0.29, 0.717) is 0 Å². The molecule has 0 aromatic carbocycles. The minimum Gasteiger partial charge on any atom is -0.375 e. The molecular formula is C23H33N3O. The van der Waals surface area contributed by atoms with Gasteiger partial charge >= 0.3 is 0 Å². The first kappa shape index (κ1) is 18.7. The van der Waals surface area contributed by atoms with E-state index in [0.717, 1.165) is 25.9 Å². The van der Waals surface area contributed by atoms with Crippen molar-refractivity contribution in [1.29, 1.82) is 0 Å². The Hall–Kier alpha value is -1.68. The van der Waals surface area contributed by atoms with Gasteiger partial charge in [0, 0.05) is 36.7 Å². The lowest BCUT2D eigenvalue weighted by atomic mass is 9.67. The van der Waals surface area contributed by atoms with E-state index in [4.69, 9.17) is 9.72 Å². The molecule has 0 N–H and O–H groups in total. The molecule has 0 amide bonds. The van der Waals surface area contributed by atoms with Crippen molar-refractivity contribution < 1.29 is 4.74 Å². The zero-order valence-electron chi connectivity index (χ0n) is 16.9. The van der Waals surface area contributed by atoms with Crippen LogP contribution in [0, 0.1) is 6.92 Å². The summed E-state index contributed by atoms with van der Waals surface area (Å²) in [5.74, 6) is 0. The van der Waals surface area contributed by atoms with Crippen molar-refractivity contribution in [2.24, 2.45) is 7.05 Å². The summed E-state index contributed by atoms with van der Waals surface area (Å²) in [6.45, 7) is 3.01. The van der Waals surface area contributed by atoms with Gasteiger partial charge in [0.2, 0.25) is 0 Å². The van der Waals surface area contributed by atoms with Crippen LogP contribution in [0.1, 0.15) is 74.9 Å². The Balaban J connectivity index is 1.45. The molecular weight excluding hydrogens is 334 g/mol. The number of rotatable bonds is 6. The molecule has 4 heteroatoms. The van der Waals surface area contributed by atoms with Crippen LogP contribution in [0.2, 0.25) is 0 Å². The first-order chi connectivity index (χ1) is 13.1. The molecule has 0 unspecified atom stereocenters. The van der Waals surface area contributed by atoms with Crippen molar-refractivity contribution in [3.05, 3.63) is 47.5 Å². The average molecular weight is 368 g/mol. The predicted octanol–water partition coefficient (Wildman–Crippen LogP) is 4.90. The Bertz CT molecular complexity index is 729. The predicted molar refractivity (Wildman–Crippen MR) is 108 cm³/mol. The standard InChI is InChI=1S/C23H33N3O/c1-19-17-20(25-26(19)2)9-3-5-11-22(21-10-4-8-15-24-21)14-16-27-23(18-22)12-6-7-13-23/h4,8,10,15,17H,3,5-7,9,11-14,16,18H2,1-2H3/t22-/m1/s1.